The van der Waals surface area contributed by atoms with E-state index in [1.54, 1.807) is 0 Å². The van der Waals surface area contributed by atoms with Gasteiger partial charge in [-0.15, -0.1) is 0 Å². The van der Waals surface area contributed by atoms with Crippen molar-refractivity contribution in [3.8, 4) is 0 Å². The number of alkyl halides is 6. The summed E-state index contributed by atoms with van der Waals surface area (Å²) in [4.78, 5) is 19.7. The fraction of sp³-hybridized carbons (Fsp3) is 0.696. The summed E-state index contributed by atoms with van der Waals surface area (Å²) in [6, 6.07) is 6.27. The molecular formula is C23H30F6N4O2. The van der Waals surface area contributed by atoms with Gasteiger partial charge in [-0.05, 0) is 37.6 Å². The number of likely N-dealkylation sites (tertiary alicyclic amines) is 1. The van der Waals surface area contributed by atoms with E-state index >= 15 is 0 Å². The molecule has 0 saturated carbocycles. The van der Waals surface area contributed by atoms with E-state index in [-0.39, 0.29) is 13.1 Å². The van der Waals surface area contributed by atoms with Gasteiger partial charge in [0.05, 0.1) is 0 Å². The van der Waals surface area contributed by atoms with Gasteiger partial charge in [-0.1, -0.05) is 12.1 Å². The fourth-order valence-corrected chi connectivity index (χ4v) is 5.42. The van der Waals surface area contributed by atoms with Crippen molar-refractivity contribution in [2.24, 2.45) is 5.41 Å². The van der Waals surface area contributed by atoms with E-state index in [1.807, 2.05) is 17.9 Å². The Kier molecular flexibility index (Phi) is 6.91. The first-order chi connectivity index (χ1) is 16.3. The van der Waals surface area contributed by atoms with E-state index in [0.29, 0.717) is 25.0 Å². The Bertz CT molecular complexity index is 910. The molecule has 1 amide bonds. The molecule has 3 fully saturated rings. The van der Waals surface area contributed by atoms with Crippen molar-refractivity contribution in [1.29, 1.82) is 0 Å². The maximum atomic E-state index is 12.7. The Morgan fingerprint density at radius 1 is 1.00 bits per heavy atom. The van der Waals surface area contributed by atoms with Gasteiger partial charge in [0.25, 0.3) is 6.10 Å². The number of benzene rings is 1. The van der Waals surface area contributed by atoms with Crippen LogP contribution in [0.15, 0.2) is 18.2 Å². The monoisotopic (exact) mass is 508 g/mol. The van der Waals surface area contributed by atoms with E-state index in [9.17, 15) is 31.1 Å². The van der Waals surface area contributed by atoms with Gasteiger partial charge in [0.15, 0.2) is 0 Å². The van der Waals surface area contributed by atoms with Crippen LogP contribution in [0.1, 0.15) is 17.5 Å². The van der Waals surface area contributed by atoms with Crippen molar-refractivity contribution >= 4 is 11.8 Å². The first-order valence-electron chi connectivity index (χ1n) is 11.6. The van der Waals surface area contributed by atoms with Crippen LogP contribution in [0, 0.1) is 12.3 Å². The van der Waals surface area contributed by atoms with Gasteiger partial charge in [-0.25, -0.2) is 4.79 Å². The molecule has 0 bridgehead atoms. The van der Waals surface area contributed by atoms with Gasteiger partial charge in [0.1, 0.15) is 0 Å². The molecule has 1 aromatic carbocycles. The summed E-state index contributed by atoms with van der Waals surface area (Å²) in [5.74, 6) is 0. The molecule has 12 heteroatoms. The number of nitrogens with zero attached hydrogens (tertiary/aromatic N) is 4. The lowest BCUT2D eigenvalue weighted by Gasteiger charge is -2.46. The van der Waals surface area contributed by atoms with Crippen molar-refractivity contribution in [1.82, 2.24) is 14.7 Å². The minimum atomic E-state index is -5.72. The third-order valence-corrected chi connectivity index (χ3v) is 7.07. The molecule has 0 unspecified atom stereocenters. The van der Waals surface area contributed by atoms with Crippen LogP contribution in [0.25, 0.3) is 0 Å². The maximum absolute atomic E-state index is 12.7. The van der Waals surface area contributed by atoms with Crippen LogP contribution in [0.5, 0.6) is 0 Å². The predicted octanol–water partition coefficient (Wildman–Crippen LogP) is 3.88. The third kappa shape index (κ3) is 5.79. The smallest absolute Gasteiger partial charge is 0.426 e. The molecule has 0 atom stereocenters. The number of piperazine rings is 1. The van der Waals surface area contributed by atoms with Crippen LogP contribution in [0.4, 0.5) is 36.8 Å². The quantitative estimate of drug-likeness (QED) is 0.578. The zero-order valence-electron chi connectivity index (χ0n) is 19.8. The molecule has 6 nitrogen and oxygen atoms in total. The predicted molar refractivity (Wildman–Crippen MR) is 117 cm³/mol. The Balaban J connectivity index is 1.35. The molecule has 1 spiro atoms. The fourth-order valence-electron chi connectivity index (χ4n) is 5.42. The highest BCUT2D eigenvalue weighted by molar-refractivity contribution is 5.68. The second-order valence-corrected chi connectivity index (χ2v) is 10.1. The van der Waals surface area contributed by atoms with Crippen molar-refractivity contribution in [3.63, 3.8) is 0 Å². The molecule has 3 aliphatic heterocycles. The molecule has 35 heavy (non-hydrogen) atoms. The van der Waals surface area contributed by atoms with Crippen LogP contribution in [0.3, 0.4) is 0 Å². The zero-order valence-corrected chi connectivity index (χ0v) is 19.8. The highest BCUT2D eigenvalue weighted by Gasteiger charge is 2.60. The number of carbonyl (C=O) groups excluding carboxylic acids is 1. The topological polar surface area (TPSA) is 39.3 Å². The number of aryl methyl sites for hydroxylation is 1. The number of hydrogen-bond donors (Lipinski definition) is 0. The standard InChI is InChI=1S/C23H30F6N4O2/c1-16-3-4-17(18(11-16)33-6-5-21(15-33)13-30(2)14-21)12-31-7-9-32(10-8-31)20(34)35-19(22(24,25)26)23(27,28)29/h3-4,11,19H,5-10,12-15H2,1-2H3. The number of halogens is 6. The largest absolute Gasteiger partial charge is 0.434 e. The Morgan fingerprint density at radius 2 is 1.63 bits per heavy atom. The van der Waals surface area contributed by atoms with E-state index in [1.165, 1.54) is 0 Å². The summed E-state index contributed by atoms with van der Waals surface area (Å²) in [6.07, 6.45) is -16.0. The van der Waals surface area contributed by atoms with E-state index in [2.05, 4.69) is 33.7 Å². The van der Waals surface area contributed by atoms with Crippen molar-refractivity contribution in [3.05, 3.63) is 29.3 Å². The highest BCUT2D eigenvalue weighted by atomic mass is 19.4. The van der Waals surface area contributed by atoms with E-state index in [4.69, 9.17) is 0 Å². The summed E-state index contributed by atoms with van der Waals surface area (Å²) in [5.41, 5.74) is 3.76. The first-order valence-corrected chi connectivity index (χ1v) is 11.6. The lowest BCUT2D eigenvalue weighted by molar-refractivity contribution is -0.308. The third-order valence-electron chi connectivity index (χ3n) is 7.07. The number of anilines is 1. The van der Waals surface area contributed by atoms with Crippen molar-refractivity contribution < 1.29 is 35.9 Å². The molecular weight excluding hydrogens is 478 g/mol. The number of hydrogen-bond acceptors (Lipinski definition) is 5. The number of ether oxygens (including phenoxy) is 1. The van der Waals surface area contributed by atoms with Crippen molar-refractivity contribution in [2.45, 2.75) is 38.3 Å². The Morgan fingerprint density at radius 3 is 2.20 bits per heavy atom. The lowest BCUT2D eigenvalue weighted by atomic mass is 9.79. The van der Waals surface area contributed by atoms with Gasteiger partial charge < -0.3 is 19.4 Å². The Labute approximate surface area is 200 Å². The van der Waals surface area contributed by atoms with Crippen LogP contribution in [-0.4, -0.2) is 98.7 Å². The minimum Gasteiger partial charge on any atom is -0.426 e. The van der Waals surface area contributed by atoms with Crippen molar-refractivity contribution in [2.75, 3.05) is 64.3 Å². The molecule has 4 rings (SSSR count). The number of rotatable bonds is 4. The van der Waals surface area contributed by atoms with E-state index in [0.717, 1.165) is 54.3 Å². The average molecular weight is 509 g/mol. The number of amides is 1. The van der Waals surface area contributed by atoms with Crippen LogP contribution in [-0.2, 0) is 11.3 Å². The zero-order chi connectivity index (χ0) is 25.6. The molecule has 0 N–H and O–H groups in total. The first kappa shape index (κ1) is 25.9. The van der Waals surface area contributed by atoms with Gasteiger partial charge in [0, 0.05) is 70.0 Å². The highest BCUT2D eigenvalue weighted by Crippen LogP contribution is 2.41. The molecule has 196 valence electrons. The maximum Gasteiger partial charge on any atom is 0.434 e. The molecule has 3 aliphatic rings. The lowest BCUT2D eigenvalue weighted by Crippen LogP contribution is -2.55. The molecule has 0 aliphatic carbocycles. The van der Waals surface area contributed by atoms with Crippen LogP contribution < -0.4 is 4.90 Å². The molecule has 1 aromatic rings. The van der Waals surface area contributed by atoms with Crippen LogP contribution >= 0.6 is 0 Å². The Hall–Kier alpha value is -2.21. The summed E-state index contributed by atoms with van der Waals surface area (Å²) < 4.78 is 80.1. The second kappa shape index (κ2) is 9.34. The van der Waals surface area contributed by atoms with E-state index < -0.39 is 24.5 Å². The summed E-state index contributed by atoms with van der Waals surface area (Å²) in [6.45, 7) is 7.38. The normalized spacial score (nSPS) is 21.6. The summed E-state index contributed by atoms with van der Waals surface area (Å²) in [7, 11) is 2.12. The molecule has 0 aromatic heterocycles. The van der Waals surface area contributed by atoms with Gasteiger partial charge in [0.2, 0.25) is 0 Å². The molecule has 0 radical (unpaired) electrons. The average Bonchev–Trinajstić information content (AvgIpc) is 3.17. The molecule has 3 heterocycles. The summed E-state index contributed by atoms with van der Waals surface area (Å²) in [5, 5.41) is 0. The second-order valence-electron chi connectivity index (χ2n) is 10.1. The van der Waals surface area contributed by atoms with Gasteiger partial charge in [-0.2, -0.15) is 26.3 Å². The minimum absolute atomic E-state index is 0.0123. The van der Waals surface area contributed by atoms with Crippen LogP contribution in [0.2, 0.25) is 0 Å². The summed E-state index contributed by atoms with van der Waals surface area (Å²) >= 11 is 0. The SMILES string of the molecule is Cc1ccc(CN2CCN(C(=O)OC(C(F)(F)F)C(F)(F)F)CC2)c(N2CCC3(CN(C)C3)C2)c1. The van der Waals surface area contributed by atoms with Gasteiger partial charge >= 0.3 is 18.4 Å². The molecule has 3 saturated heterocycles. The van der Waals surface area contributed by atoms with Gasteiger partial charge in [-0.3, -0.25) is 4.90 Å². The number of carbonyl (C=O) groups is 1.